The van der Waals surface area contributed by atoms with Gasteiger partial charge in [-0.25, -0.2) is 0 Å². The Morgan fingerprint density at radius 3 is 0.875 bits per heavy atom. The van der Waals surface area contributed by atoms with E-state index in [1.165, 1.54) is 0 Å². The first-order valence-corrected chi connectivity index (χ1v) is 10.9. The molecule has 1 heterocycles. The summed E-state index contributed by atoms with van der Waals surface area (Å²) in [7, 11) is 0. The monoisotopic (exact) mass is 448 g/mol. The lowest BCUT2D eigenvalue weighted by Crippen LogP contribution is -2.14. The van der Waals surface area contributed by atoms with E-state index in [-0.39, 0.29) is 0 Å². The van der Waals surface area contributed by atoms with Gasteiger partial charge in [0.2, 0.25) is 0 Å². The second kappa shape index (κ2) is 15.3. The minimum Gasteiger partial charge on any atom is -0.491 e. The smallest absolute Gasteiger partial charge is 0.123 e. The molecule has 2 aromatic rings. The average molecular weight is 449 g/mol. The summed E-state index contributed by atoms with van der Waals surface area (Å²) < 4.78 is 44.9. The van der Waals surface area contributed by atoms with Crippen LogP contribution in [0.5, 0.6) is 23.0 Å². The zero-order valence-corrected chi connectivity index (χ0v) is 18.4. The second-order valence-corrected chi connectivity index (χ2v) is 6.79. The van der Waals surface area contributed by atoms with E-state index in [4.69, 9.17) is 37.9 Å². The highest BCUT2D eigenvalue weighted by Crippen LogP contribution is 2.20. The zero-order valence-electron chi connectivity index (χ0n) is 18.4. The van der Waals surface area contributed by atoms with Crippen molar-refractivity contribution in [1.29, 1.82) is 0 Å². The summed E-state index contributed by atoms with van der Waals surface area (Å²) in [5.74, 6) is 2.94. The fourth-order valence-corrected chi connectivity index (χ4v) is 2.83. The van der Waals surface area contributed by atoms with Crippen molar-refractivity contribution >= 4 is 0 Å². The van der Waals surface area contributed by atoms with E-state index in [1.54, 1.807) is 0 Å². The van der Waals surface area contributed by atoms with E-state index in [9.17, 15) is 0 Å². The number of hydrogen-bond acceptors (Lipinski definition) is 8. The van der Waals surface area contributed by atoms with Crippen molar-refractivity contribution in [2.24, 2.45) is 0 Å². The van der Waals surface area contributed by atoms with Crippen molar-refractivity contribution in [3.8, 4) is 23.0 Å². The molecule has 2 aromatic carbocycles. The number of benzene rings is 2. The van der Waals surface area contributed by atoms with Gasteiger partial charge < -0.3 is 37.9 Å². The Kier molecular flexibility index (Phi) is 11.5. The molecule has 1 aliphatic heterocycles. The third kappa shape index (κ3) is 10.2. The van der Waals surface area contributed by atoms with Crippen LogP contribution in [0.15, 0.2) is 48.5 Å². The summed E-state index contributed by atoms with van der Waals surface area (Å²) >= 11 is 0. The van der Waals surface area contributed by atoms with Gasteiger partial charge in [-0.2, -0.15) is 0 Å². The van der Waals surface area contributed by atoms with Crippen LogP contribution in [0, 0.1) is 0 Å². The summed E-state index contributed by atoms with van der Waals surface area (Å²) in [6.45, 7) is 5.74. The van der Waals surface area contributed by atoms with Crippen LogP contribution in [0.3, 0.4) is 0 Å². The van der Waals surface area contributed by atoms with Gasteiger partial charge in [0, 0.05) is 12.1 Å². The minimum atomic E-state index is 0.442. The van der Waals surface area contributed by atoms with Crippen LogP contribution in [0.4, 0.5) is 0 Å². The summed E-state index contributed by atoms with van der Waals surface area (Å²) in [6, 6.07) is 15.0. The summed E-state index contributed by atoms with van der Waals surface area (Å²) in [5.41, 5.74) is 0. The highest BCUT2D eigenvalue weighted by atomic mass is 16.6. The van der Waals surface area contributed by atoms with Crippen LogP contribution in [0.1, 0.15) is 0 Å². The predicted molar refractivity (Wildman–Crippen MR) is 118 cm³/mol. The fraction of sp³-hybridized carbons (Fsp3) is 0.500. The van der Waals surface area contributed by atoms with Crippen LogP contribution >= 0.6 is 0 Å². The summed E-state index contributed by atoms with van der Waals surface area (Å²) in [4.78, 5) is 0. The summed E-state index contributed by atoms with van der Waals surface area (Å²) in [5, 5.41) is 0. The van der Waals surface area contributed by atoms with Crippen LogP contribution in [-0.4, -0.2) is 79.3 Å². The van der Waals surface area contributed by atoms with Crippen molar-refractivity contribution in [3.05, 3.63) is 48.5 Å². The molecule has 32 heavy (non-hydrogen) atoms. The SMILES string of the molecule is c1cc2cc(c1)OCCOCCOc1cccc(c1)OCCOCCOCCOCCO2. The van der Waals surface area contributed by atoms with Crippen molar-refractivity contribution < 1.29 is 37.9 Å². The number of rotatable bonds is 0. The fourth-order valence-electron chi connectivity index (χ4n) is 2.83. The lowest BCUT2D eigenvalue weighted by Gasteiger charge is -2.12. The molecule has 0 unspecified atom stereocenters. The molecule has 0 atom stereocenters. The normalized spacial score (nSPS) is 18.2. The molecule has 0 saturated heterocycles. The van der Waals surface area contributed by atoms with Gasteiger partial charge in [-0.3, -0.25) is 0 Å². The maximum atomic E-state index is 5.72. The van der Waals surface area contributed by atoms with Gasteiger partial charge in [-0.05, 0) is 24.3 Å². The topological polar surface area (TPSA) is 73.8 Å². The lowest BCUT2D eigenvalue weighted by molar-refractivity contribution is 0.00495. The highest BCUT2D eigenvalue weighted by Gasteiger charge is 2.01. The maximum absolute atomic E-state index is 5.72. The number of ether oxygens (including phenoxy) is 8. The second-order valence-electron chi connectivity index (χ2n) is 6.79. The minimum absolute atomic E-state index is 0.442. The molecule has 0 fully saturated rings. The van der Waals surface area contributed by atoms with E-state index in [1.807, 2.05) is 48.5 Å². The highest BCUT2D eigenvalue weighted by molar-refractivity contribution is 5.33. The Morgan fingerprint density at radius 1 is 0.344 bits per heavy atom. The third-order valence-corrected chi connectivity index (χ3v) is 4.34. The van der Waals surface area contributed by atoms with E-state index in [2.05, 4.69) is 0 Å². The van der Waals surface area contributed by atoms with Crippen molar-refractivity contribution in [1.82, 2.24) is 0 Å². The first kappa shape index (κ1) is 24.1. The first-order chi connectivity index (χ1) is 15.9. The molecular weight excluding hydrogens is 416 g/mol. The largest absolute Gasteiger partial charge is 0.491 e. The molecule has 0 spiro atoms. The van der Waals surface area contributed by atoms with Gasteiger partial charge in [-0.15, -0.1) is 0 Å². The lowest BCUT2D eigenvalue weighted by atomic mass is 10.3. The average Bonchev–Trinajstić information content (AvgIpc) is 2.81. The quantitative estimate of drug-likeness (QED) is 0.609. The Morgan fingerprint density at radius 2 is 0.594 bits per heavy atom. The van der Waals surface area contributed by atoms with E-state index >= 15 is 0 Å². The van der Waals surface area contributed by atoms with Gasteiger partial charge >= 0.3 is 0 Å². The molecule has 0 radical (unpaired) electrons. The Hall–Kier alpha value is -2.52. The van der Waals surface area contributed by atoms with Crippen LogP contribution in [0.2, 0.25) is 0 Å². The van der Waals surface area contributed by atoms with Crippen LogP contribution in [-0.2, 0) is 18.9 Å². The van der Waals surface area contributed by atoms with Crippen molar-refractivity contribution in [3.63, 3.8) is 0 Å². The van der Waals surface area contributed by atoms with Gasteiger partial charge in [0.15, 0.2) is 0 Å². The number of hydrogen-bond donors (Lipinski definition) is 0. The summed E-state index contributed by atoms with van der Waals surface area (Å²) in [6.07, 6.45) is 0. The first-order valence-electron chi connectivity index (χ1n) is 10.9. The van der Waals surface area contributed by atoms with E-state index < -0.39 is 0 Å². The number of fused-ring (bicyclic) bond motifs is 4. The molecule has 8 nitrogen and oxygen atoms in total. The van der Waals surface area contributed by atoms with Gasteiger partial charge in [0.25, 0.3) is 0 Å². The zero-order chi connectivity index (χ0) is 22.1. The molecule has 4 bridgehead atoms. The predicted octanol–water partition coefficient (Wildman–Crippen LogP) is 2.98. The Bertz CT molecular complexity index is 693. The molecule has 0 saturated carbocycles. The van der Waals surface area contributed by atoms with Gasteiger partial charge in [0.1, 0.15) is 49.4 Å². The van der Waals surface area contributed by atoms with E-state index in [0.29, 0.717) is 79.3 Å². The maximum Gasteiger partial charge on any atom is 0.123 e. The molecule has 0 amide bonds. The molecule has 3 rings (SSSR count). The van der Waals surface area contributed by atoms with Crippen LogP contribution in [0.25, 0.3) is 0 Å². The molecule has 176 valence electrons. The molecule has 0 aromatic heterocycles. The standard InChI is InChI=1S/C24H32O8/c1-3-21-19-23(5-1)31-17-13-28-14-18-32-24-6-2-4-22(20-24)30-16-12-27-10-8-25-7-9-26-11-15-29-21/h1-6,19-20H,7-18H2. The molecule has 0 N–H and O–H groups in total. The molecular formula is C24H32O8. The molecule has 0 aliphatic carbocycles. The molecule has 1 aliphatic rings. The third-order valence-electron chi connectivity index (χ3n) is 4.34. The Balaban J connectivity index is 1.43. The van der Waals surface area contributed by atoms with Crippen molar-refractivity contribution in [2.75, 3.05) is 79.3 Å². The Labute approximate surface area is 189 Å². The molecule has 8 heteroatoms. The van der Waals surface area contributed by atoms with E-state index in [0.717, 1.165) is 23.0 Å². The van der Waals surface area contributed by atoms with Crippen LogP contribution < -0.4 is 18.9 Å². The van der Waals surface area contributed by atoms with Crippen molar-refractivity contribution in [2.45, 2.75) is 0 Å². The van der Waals surface area contributed by atoms with Gasteiger partial charge in [0.05, 0.1) is 52.9 Å². The van der Waals surface area contributed by atoms with Gasteiger partial charge in [-0.1, -0.05) is 12.1 Å².